The topological polar surface area (TPSA) is 30.2 Å². The lowest BCUT2D eigenvalue weighted by Gasteiger charge is -2.10. The molecule has 3 heteroatoms. The van der Waals surface area contributed by atoms with E-state index in [1.807, 2.05) is 12.1 Å². The Kier molecular flexibility index (Phi) is 2.88. The van der Waals surface area contributed by atoms with Crippen LogP contribution in [-0.2, 0) is 4.79 Å². The van der Waals surface area contributed by atoms with Gasteiger partial charge in [-0.2, -0.15) is 0 Å². The predicted molar refractivity (Wildman–Crippen MR) is 56.8 cm³/mol. The third-order valence-corrected chi connectivity index (χ3v) is 3.45. The summed E-state index contributed by atoms with van der Waals surface area (Å²) in [5.74, 6) is 0.754. The van der Waals surface area contributed by atoms with Gasteiger partial charge in [0.15, 0.2) is 0 Å². The van der Waals surface area contributed by atoms with Gasteiger partial charge in [-0.25, -0.2) is 0 Å². The molecule has 0 aliphatic carbocycles. The fraction of sp³-hybridized carbons (Fsp3) is 0.300. The number of aldehydes is 1. The van der Waals surface area contributed by atoms with Crippen molar-refractivity contribution in [2.45, 2.75) is 19.6 Å². The number of rotatable bonds is 3. The van der Waals surface area contributed by atoms with Crippen molar-refractivity contribution in [1.82, 2.24) is 0 Å². The first-order chi connectivity index (χ1) is 6.04. The SMILES string of the molecule is C[Si](C)(C)c1ccc(/C=C/C=O)o1. The van der Waals surface area contributed by atoms with Crippen molar-refractivity contribution in [2.75, 3.05) is 0 Å². The summed E-state index contributed by atoms with van der Waals surface area (Å²) >= 11 is 0. The average Bonchev–Trinajstić information content (AvgIpc) is 2.47. The third-order valence-electron chi connectivity index (χ3n) is 1.71. The summed E-state index contributed by atoms with van der Waals surface area (Å²) in [7, 11) is -1.34. The number of furan rings is 1. The van der Waals surface area contributed by atoms with E-state index in [9.17, 15) is 4.79 Å². The minimum absolute atomic E-state index is 0.747. The molecule has 0 unspecified atom stereocenters. The van der Waals surface area contributed by atoms with Crippen LogP contribution in [0.4, 0.5) is 0 Å². The van der Waals surface area contributed by atoms with Crippen LogP contribution in [0.1, 0.15) is 5.76 Å². The normalized spacial score (nSPS) is 12.2. The van der Waals surface area contributed by atoms with Crippen LogP contribution in [-0.4, -0.2) is 14.4 Å². The first kappa shape index (κ1) is 9.99. The zero-order valence-corrected chi connectivity index (χ0v) is 9.20. The largest absolute Gasteiger partial charge is 0.467 e. The van der Waals surface area contributed by atoms with Gasteiger partial charge in [0.25, 0.3) is 0 Å². The van der Waals surface area contributed by atoms with Crippen molar-refractivity contribution >= 4 is 25.8 Å². The van der Waals surface area contributed by atoms with Crippen LogP contribution in [0.5, 0.6) is 0 Å². The zero-order valence-electron chi connectivity index (χ0n) is 8.20. The van der Waals surface area contributed by atoms with E-state index in [1.165, 1.54) is 6.08 Å². The van der Waals surface area contributed by atoms with E-state index < -0.39 is 8.07 Å². The molecule has 0 atom stereocenters. The summed E-state index contributed by atoms with van der Waals surface area (Å²) in [4.78, 5) is 10.1. The van der Waals surface area contributed by atoms with E-state index >= 15 is 0 Å². The molecule has 0 aliphatic rings. The van der Waals surface area contributed by atoms with E-state index in [1.54, 1.807) is 6.08 Å². The fourth-order valence-corrected chi connectivity index (χ4v) is 1.99. The Hall–Kier alpha value is -1.09. The van der Waals surface area contributed by atoms with E-state index in [0.717, 1.165) is 17.4 Å². The predicted octanol–water partition coefficient (Wildman–Crippen LogP) is 2.04. The second-order valence-electron chi connectivity index (χ2n) is 3.95. The highest BCUT2D eigenvalue weighted by atomic mass is 28.3. The molecule has 1 aromatic heterocycles. The highest BCUT2D eigenvalue weighted by Crippen LogP contribution is 2.07. The number of hydrogen-bond donors (Lipinski definition) is 0. The highest BCUT2D eigenvalue weighted by molar-refractivity contribution is 6.87. The van der Waals surface area contributed by atoms with Crippen LogP contribution in [0.2, 0.25) is 19.6 Å². The minimum Gasteiger partial charge on any atom is -0.467 e. The van der Waals surface area contributed by atoms with Gasteiger partial charge in [0.2, 0.25) is 0 Å². The lowest BCUT2D eigenvalue weighted by Crippen LogP contribution is -2.36. The first-order valence-corrected chi connectivity index (χ1v) is 7.76. The van der Waals surface area contributed by atoms with Gasteiger partial charge in [-0.15, -0.1) is 0 Å². The summed E-state index contributed by atoms with van der Waals surface area (Å²) in [6.45, 7) is 6.66. The molecular weight excluding hydrogens is 180 g/mol. The smallest absolute Gasteiger partial charge is 0.142 e. The lowest BCUT2D eigenvalue weighted by atomic mass is 10.4. The number of carbonyl (C=O) groups is 1. The summed E-state index contributed by atoms with van der Waals surface area (Å²) in [5, 5.41) is 1.07. The van der Waals surface area contributed by atoms with Gasteiger partial charge in [-0.3, -0.25) is 4.79 Å². The molecule has 0 radical (unpaired) electrons. The maximum absolute atomic E-state index is 10.1. The molecule has 0 amide bonds. The Balaban J connectivity index is 2.87. The summed E-state index contributed by atoms with van der Waals surface area (Å²) < 4.78 is 5.57. The molecule has 0 aromatic carbocycles. The quantitative estimate of drug-likeness (QED) is 0.419. The minimum atomic E-state index is -1.34. The van der Waals surface area contributed by atoms with Gasteiger partial charge in [0, 0.05) is 0 Å². The van der Waals surface area contributed by atoms with Crippen molar-refractivity contribution in [3.8, 4) is 0 Å². The van der Waals surface area contributed by atoms with Crippen molar-refractivity contribution in [2.24, 2.45) is 0 Å². The fourth-order valence-electron chi connectivity index (χ4n) is 0.980. The highest BCUT2D eigenvalue weighted by Gasteiger charge is 2.20. The second kappa shape index (κ2) is 3.74. The molecule has 2 nitrogen and oxygen atoms in total. The molecule has 1 heterocycles. The molecule has 0 bridgehead atoms. The molecule has 0 spiro atoms. The van der Waals surface area contributed by atoms with Crippen molar-refractivity contribution < 1.29 is 9.21 Å². The molecule has 13 heavy (non-hydrogen) atoms. The summed E-state index contributed by atoms with van der Waals surface area (Å²) in [6, 6.07) is 3.89. The molecule has 0 saturated carbocycles. The molecule has 0 fully saturated rings. The Labute approximate surface area is 79.3 Å². The van der Waals surface area contributed by atoms with Crippen LogP contribution in [0, 0.1) is 0 Å². The second-order valence-corrected chi connectivity index (χ2v) is 8.94. The number of allylic oxidation sites excluding steroid dienone is 1. The third kappa shape index (κ3) is 2.70. The van der Waals surface area contributed by atoms with E-state index in [4.69, 9.17) is 4.42 Å². The van der Waals surface area contributed by atoms with Crippen molar-refractivity contribution in [3.63, 3.8) is 0 Å². The number of carbonyl (C=O) groups excluding carboxylic acids is 1. The van der Waals surface area contributed by atoms with Crippen molar-refractivity contribution in [1.29, 1.82) is 0 Å². The first-order valence-electron chi connectivity index (χ1n) is 4.26. The van der Waals surface area contributed by atoms with Crippen LogP contribution in [0.15, 0.2) is 22.6 Å². The summed E-state index contributed by atoms with van der Waals surface area (Å²) in [5.41, 5.74) is 0. The molecule has 0 N–H and O–H groups in total. The van der Waals surface area contributed by atoms with Crippen LogP contribution in [0.25, 0.3) is 6.08 Å². The lowest BCUT2D eigenvalue weighted by molar-refractivity contribution is -0.104. The van der Waals surface area contributed by atoms with Gasteiger partial charge >= 0.3 is 0 Å². The standard InChI is InChI=1S/C10H14O2Si/c1-13(2,3)10-7-6-9(12-10)5-4-8-11/h4-8H,1-3H3/b5-4+. The molecule has 1 rings (SSSR count). The van der Waals surface area contributed by atoms with Gasteiger partial charge in [0.1, 0.15) is 20.1 Å². The maximum Gasteiger partial charge on any atom is 0.142 e. The Morgan fingerprint density at radius 3 is 2.46 bits per heavy atom. The van der Waals surface area contributed by atoms with E-state index in [0.29, 0.717) is 0 Å². The Morgan fingerprint density at radius 2 is 2.00 bits per heavy atom. The Bertz CT molecular complexity index is 318. The van der Waals surface area contributed by atoms with Crippen molar-refractivity contribution in [3.05, 3.63) is 24.0 Å². The van der Waals surface area contributed by atoms with Gasteiger partial charge < -0.3 is 4.42 Å². The van der Waals surface area contributed by atoms with E-state index in [-0.39, 0.29) is 0 Å². The average molecular weight is 194 g/mol. The monoisotopic (exact) mass is 194 g/mol. The summed E-state index contributed by atoms with van der Waals surface area (Å²) in [6.07, 6.45) is 3.86. The Morgan fingerprint density at radius 1 is 1.31 bits per heavy atom. The number of hydrogen-bond acceptors (Lipinski definition) is 2. The molecule has 70 valence electrons. The molecule has 0 aliphatic heterocycles. The van der Waals surface area contributed by atoms with Crippen LogP contribution in [0.3, 0.4) is 0 Å². The zero-order chi connectivity index (χ0) is 9.90. The molecule has 0 saturated heterocycles. The van der Waals surface area contributed by atoms with Gasteiger partial charge in [-0.1, -0.05) is 19.6 Å². The van der Waals surface area contributed by atoms with Crippen LogP contribution >= 0.6 is 0 Å². The van der Waals surface area contributed by atoms with Crippen LogP contribution < -0.4 is 5.38 Å². The van der Waals surface area contributed by atoms with Gasteiger partial charge in [0.05, 0.1) is 5.38 Å². The molecule has 1 aromatic rings. The van der Waals surface area contributed by atoms with E-state index in [2.05, 4.69) is 19.6 Å². The molecular formula is C10H14O2Si. The maximum atomic E-state index is 10.1. The van der Waals surface area contributed by atoms with Gasteiger partial charge in [-0.05, 0) is 24.3 Å².